The highest BCUT2D eigenvalue weighted by Crippen LogP contribution is 2.09. The fourth-order valence-corrected chi connectivity index (χ4v) is 3.07. The average molecular weight is 350 g/mol. The third kappa shape index (κ3) is 5.43. The van der Waals surface area contributed by atoms with Gasteiger partial charge in [-0.3, -0.25) is 4.79 Å². The summed E-state index contributed by atoms with van der Waals surface area (Å²) < 4.78 is 39.3. The molecule has 7 heteroatoms. The van der Waals surface area contributed by atoms with Crippen LogP contribution >= 0.6 is 0 Å². The first kappa shape index (κ1) is 18.1. The van der Waals surface area contributed by atoms with Crippen molar-refractivity contribution in [3.8, 4) is 0 Å². The van der Waals surface area contributed by atoms with E-state index in [1.807, 2.05) is 6.92 Å². The minimum Gasteiger partial charge on any atom is -0.355 e. The molecule has 0 aromatic heterocycles. The molecule has 2 aromatic carbocycles. The highest BCUT2D eigenvalue weighted by Gasteiger charge is 2.12. The van der Waals surface area contributed by atoms with Gasteiger partial charge in [0.1, 0.15) is 5.82 Å². The predicted molar refractivity (Wildman–Crippen MR) is 89.5 cm³/mol. The van der Waals surface area contributed by atoms with Crippen LogP contribution in [0.3, 0.4) is 0 Å². The van der Waals surface area contributed by atoms with Crippen LogP contribution in [0, 0.1) is 12.7 Å². The maximum absolute atomic E-state index is 12.8. The standard InChI is InChI=1S/C17H19FN2O3S/c1-13-2-8-16(9-3-13)24(22,23)20-11-10-19-17(21)12-14-4-6-15(18)7-5-14/h2-9,20H,10-12H2,1H3,(H,19,21). The molecule has 24 heavy (non-hydrogen) atoms. The zero-order valence-electron chi connectivity index (χ0n) is 13.3. The number of amides is 1. The Kier molecular flexibility index (Phi) is 6.05. The van der Waals surface area contributed by atoms with Crippen molar-refractivity contribution >= 4 is 15.9 Å². The largest absolute Gasteiger partial charge is 0.355 e. The molecule has 2 N–H and O–H groups in total. The molecule has 2 aromatic rings. The first-order valence-corrected chi connectivity index (χ1v) is 8.92. The molecule has 2 rings (SSSR count). The predicted octanol–water partition coefficient (Wildman–Crippen LogP) is 1.77. The van der Waals surface area contributed by atoms with Crippen LogP contribution in [-0.2, 0) is 21.2 Å². The Morgan fingerprint density at radius 1 is 1.00 bits per heavy atom. The average Bonchev–Trinajstić information content (AvgIpc) is 2.54. The molecule has 0 radical (unpaired) electrons. The molecule has 1 amide bonds. The molecule has 0 saturated carbocycles. The second-order valence-electron chi connectivity index (χ2n) is 5.36. The lowest BCUT2D eigenvalue weighted by Crippen LogP contribution is -2.35. The Labute approximate surface area is 141 Å². The Hall–Kier alpha value is -2.25. The van der Waals surface area contributed by atoms with E-state index >= 15 is 0 Å². The van der Waals surface area contributed by atoms with Gasteiger partial charge in [-0.05, 0) is 36.8 Å². The van der Waals surface area contributed by atoms with Crippen LogP contribution in [0.4, 0.5) is 4.39 Å². The minimum absolute atomic E-state index is 0.0887. The molecule has 0 saturated heterocycles. The van der Waals surface area contributed by atoms with Gasteiger partial charge in [-0.1, -0.05) is 29.8 Å². The van der Waals surface area contributed by atoms with Crippen LogP contribution in [0.15, 0.2) is 53.4 Å². The number of benzene rings is 2. The van der Waals surface area contributed by atoms with E-state index in [0.29, 0.717) is 5.56 Å². The van der Waals surface area contributed by atoms with Gasteiger partial charge in [-0.15, -0.1) is 0 Å². The maximum atomic E-state index is 12.8. The number of nitrogens with one attached hydrogen (secondary N) is 2. The molecule has 0 aliphatic heterocycles. The van der Waals surface area contributed by atoms with E-state index in [1.165, 1.54) is 36.4 Å². The Bertz CT molecular complexity index is 788. The van der Waals surface area contributed by atoms with Crippen molar-refractivity contribution in [2.75, 3.05) is 13.1 Å². The van der Waals surface area contributed by atoms with Crippen LogP contribution in [0.5, 0.6) is 0 Å². The Morgan fingerprint density at radius 2 is 1.62 bits per heavy atom. The number of carbonyl (C=O) groups excluding carboxylic acids is 1. The number of rotatable bonds is 7. The topological polar surface area (TPSA) is 75.3 Å². The third-order valence-corrected chi connectivity index (χ3v) is 4.83. The smallest absolute Gasteiger partial charge is 0.240 e. The molecule has 0 heterocycles. The van der Waals surface area contributed by atoms with Crippen molar-refractivity contribution in [3.63, 3.8) is 0 Å². The van der Waals surface area contributed by atoms with Gasteiger partial charge in [-0.2, -0.15) is 0 Å². The molecule has 128 valence electrons. The zero-order valence-corrected chi connectivity index (χ0v) is 14.1. The molecule has 5 nitrogen and oxygen atoms in total. The summed E-state index contributed by atoms with van der Waals surface area (Å²) >= 11 is 0. The van der Waals surface area contributed by atoms with Gasteiger partial charge < -0.3 is 5.32 Å². The van der Waals surface area contributed by atoms with Crippen LogP contribution in [0.1, 0.15) is 11.1 Å². The number of sulfonamides is 1. The molecule has 0 atom stereocenters. The van der Waals surface area contributed by atoms with Crippen LogP contribution in [0.2, 0.25) is 0 Å². The summed E-state index contributed by atoms with van der Waals surface area (Å²) in [5.41, 5.74) is 1.66. The van der Waals surface area contributed by atoms with Gasteiger partial charge in [0.2, 0.25) is 15.9 Å². The second-order valence-corrected chi connectivity index (χ2v) is 7.13. The number of halogens is 1. The van der Waals surface area contributed by atoms with Crippen molar-refractivity contribution < 1.29 is 17.6 Å². The highest BCUT2D eigenvalue weighted by atomic mass is 32.2. The van der Waals surface area contributed by atoms with Gasteiger partial charge in [-0.25, -0.2) is 17.5 Å². The SMILES string of the molecule is Cc1ccc(S(=O)(=O)NCCNC(=O)Cc2ccc(F)cc2)cc1. The van der Waals surface area contributed by atoms with E-state index in [4.69, 9.17) is 0 Å². The number of aryl methyl sites for hydroxylation is 1. The van der Waals surface area contributed by atoms with E-state index in [1.54, 1.807) is 12.1 Å². The van der Waals surface area contributed by atoms with Gasteiger partial charge >= 0.3 is 0 Å². The molecule has 0 aliphatic rings. The van der Waals surface area contributed by atoms with Gasteiger partial charge in [0.25, 0.3) is 0 Å². The van der Waals surface area contributed by atoms with E-state index in [2.05, 4.69) is 10.0 Å². The van der Waals surface area contributed by atoms with Crippen molar-refractivity contribution in [1.29, 1.82) is 0 Å². The summed E-state index contributed by atoms with van der Waals surface area (Å²) in [6.07, 6.45) is 0.116. The minimum atomic E-state index is -3.58. The number of carbonyl (C=O) groups is 1. The van der Waals surface area contributed by atoms with E-state index < -0.39 is 10.0 Å². The van der Waals surface area contributed by atoms with Gasteiger partial charge in [0.15, 0.2) is 0 Å². The lowest BCUT2D eigenvalue weighted by atomic mass is 10.1. The molecule has 0 spiro atoms. The van der Waals surface area contributed by atoms with Crippen molar-refractivity contribution in [3.05, 3.63) is 65.5 Å². The first-order valence-electron chi connectivity index (χ1n) is 7.44. The lowest BCUT2D eigenvalue weighted by molar-refractivity contribution is -0.120. The lowest BCUT2D eigenvalue weighted by Gasteiger charge is -2.08. The number of hydrogen-bond donors (Lipinski definition) is 2. The summed E-state index contributed by atoms with van der Waals surface area (Å²) in [5, 5.41) is 2.62. The summed E-state index contributed by atoms with van der Waals surface area (Å²) in [5.74, 6) is -0.610. The maximum Gasteiger partial charge on any atom is 0.240 e. The summed E-state index contributed by atoms with van der Waals surface area (Å²) in [6, 6.07) is 12.2. The van der Waals surface area contributed by atoms with E-state index in [9.17, 15) is 17.6 Å². The van der Waals surface area contributed by atoms with E-state index in [0.717, 1.165) is 5.56 Å². The van der Waals surface area contributed by atoms with Gasteiger partial charge in [0, 0.05) is 13.1 Å². The molecule has 0 unspecified atom stereocenters. The highest BCUT2D eigenvalue weighted by molar-refractivity contribution is 7.89. The number of hydrogen-bond acceptors (Lipinski definition) is 3. The summed E-state index contributed by atoms with van der Waals surface area (Å²) in [6.45, 7) is 2.14. The van der Waals surface area contributed by atoms with Crippen molar-refractivity contribution in [1.82, 2.24) is 10.0 Å². The van der Waals surface area contributed by atoms with E-state index in [-0.39, 0.29) is 36.1 Å². The Morgan fingerprint density at radius 3 is 2.25 bits per heavy atom. The second kappa shape index (κ2) is 8.03. The van der Waals surface area contributed by atoms with Crippen LogP contribution < -0.4 is 10.0 Å². The molecular weight excluding hydrogens is 331 g/mol. The molecule has 0 aliphatic carbocycles. The van der Waals surface area contributed by atoms with Crippen LogP contribution in [0.25, 0.3) is 0 Å². The monoisotopic (exact) mass is 350 g/mol. The molecule has 0 fully saturated rings. The van der Waals surface area contributed by atoms with Gasteiger partial charge in [0.05, 0.1) is 11.3 Å². The molecule has 0 bridgehead atoms. The molecular formula is C17H19FN2O3S. The van der Waals surface area contributed by atoms with Crippen molar-refractivity contribution in [2.45, 2.75) is 18.2 Å². The Balaban J connectivity index is 1.76. The summed E-state index contributed by atoms with van der Waals surface area (Å²) in [7, 11) is -3.58. The quantitative estimate of drug-likeness (QED) is 0.748. The van der Waals surface area contributed by atoms with Crippen LogP contribution in [-0.4, -0.2) is 27.4 Å². The normalized spacial score (nSPS) is 11.2. The fraction of sp³-hybridized carbons (Fsp3) is 0.235. The first-order chi connectivity index (χ1) is 11.4. The zero-order chi connectivity index (χ0) is 17.6. The summed E-state index contributed by atoms with van der Waals surface area (Å²) in [4.78, 5) is 11.9. The van der Waals surface area contributed by atoms with Crippen molar-refractivity contribution in [2.24, 2.45) is 0 Å². The third-order valence-electron chi connectivity index (χ3n) is 3.35. The fourth-order valence-electron chi connectivity index (χ4n) is 2.04.